The summed E-state index contributed by atoms with van der Waals surface area (Å²) in [5.41, 5.74) is 0.643. The molecule has 1 amide bonds. The molecule has 0 saturated carbocycles. The number of benzene rings is 1. The Morgan fingerprint density at radius 1 is 1.48 bits per heavy atom. The van der Waals surface area contributed by atoms with Gasteiger partial charge in [-0.25, -0.2) is 4.79 Å². The van der Waals surface area contributed by atoms with E-state index in [2.05, 4.69) is 11.2 Å². The third kappa shape index (κ3) is 3.56. The molecule has 0 bridgehead atoms. The lowest BCUT2D eigenvalue weighted by molar-refractivity contribution is -0.122. The molecule has 0 fully saturated rings. The minimum atomic E-state index is -0.458. The number of halogens is 1. The van der Waals surface area contributed by atoms with Gasteiger partial charge < -0.3 is 14.5 Å². The number of ether oxygens (including phenoxy) is 1. The summed E-state index contributed by atoms with van der Waals surface area (Å²) in [6.07, 6.45) is 5.03. The largest absolute Gasteiger partial charge is 0.482 e. The van der Waals surface area contributed by atoms with Crippen LogP contribution in [0.25, 0.3) is 11.0 Å². The van der Waals surface area contributed by atoms with Gasteiger partial charge in [0.2, 0.25) is 0 Å². The number of nitrogens with one attached hydrogen (secondary N) is 1. The van der Waals surface area contributed by atoms with Crippen LogP contribution in [0.3, 0.4) is 0 Å². The Balaban J connectivity index is 2.25. The van der Waals surface area contributed by atoms with Gasteiger partial charge >= 0.3 is 5.63 Å². The molecule has 2 rings (SSSR count). The van der Waals surface area contributed by atoms with Crippen LogP contribution in [0.5, 0.6) is 5.75 Å². The third-order valence-corrected chi connectivity index (χ3v) is 3.05. The third-order valence-electron chi connectivity index (χ3n) is 2.75. The molecule has 1 aromatic carbocycles. The second kappa shape index (κ2) is 6.33. The fourth-order valence-electron chi connectivity index (χ4n) is 1.77. The first-order valence-corrected chi connectivity index (χ1v) is 6.46. The van der Waals surface area contributed by atoms with Crippen LogP contribution in [0, 0.1) is 19.3 Å². The summed E-state index contributed by atoms with van der Waals surface area (Å²) in [5, 5.41) is 3.50. The highest BCUT2D eigenvalue weighted by Crippen LogP contribution is 2.30. The summed E-state index contributed by atoms with van der Waals surface area (Å²) in [5.74, 6) is 2.17. The molecule has 0 radical (unpaired) electrons. The molecule has 0 saturated heterocycles. The number of hydrogen-bond acceptors (Lipinski definition) is 4. The van der Waals surface area contributed by atoms with Gasteiger partial charge in [-0.05, 0) is 18.6 Å². The van der Waals surface area contributed by atoms with Gasteiger partial charge in [0.05, 0.1) is 11.6 Å². The highest BCUT2D eigenvalue weighted by Gasteiger charge is 2.10. The van der Waals surface area contributed by atoms with E-state index in [9.17, 15) is 9.59 Å². The van der Waals surface area contributed by atoms with Crippen LogP contribution in [0.15, 0.2) is 27.4 Å². The molecule has 0 aliphatic heterocycles. The molecule has 5 nitrogen and oxygen atoms in total. The first-order valence-electron chi connectivity index (χ1n) is 6.08. The molecule has 0 spiro atoms. The average Bonchev–Trinajstić information content (AvgIpc) is 2.43. The minimum absolute atomic E-state index is 0.127. The van der Waals surface area contributed by atoms with Crippen LogP contribution >= 0.6 is 11.6 Å². The van der Waals surface area contributed by atoms with E-state index in [1.54, 1.807) is 13.0 Å². The van der Waals surface area contributed by atoms with E-state index in [1.807, 2.05) is 0 Å². The smallest absolute Gasteiger partial charge is 0.336 e. The lowest BCUT2D eigenvalue weighted by Crippen LogP contribution is -2.29. The molecule has 6 heteroatoms. The first kappa shape index (κ1) is 14.9. The zero-order valence-electron chi connectivity index (χ0n) is 11.2. The SMILES string of the molecule is C#CCNC(=O)COc1cc2oc(=O)cc(C)c2cc1Cl. The normalized spacial score (nSPS) is 10.1. The number of terminal acetylenes is 1. The van der Waals surface area contributed by atoms with E-state index in [-0.39, 0.29) is 24.8 Å². The summed E-state index contributed by atoms with van der Waals surface area (Å²) in [6.45, 7) is 1.67. The minimum Gasteiger partial charge on any atom is -0.482 e. The number of rotatable bonds is 4. The van der Waals surface area contributed by atoms with E-state index < -0.39 is 5.63 Å². The number of hydrogen-bond donors (Lipinski definition) is 1. The maximum absolute atomic E-state index is 11.4. The molecule has 2 aromatic rings. The Morgan fingerprint density at radius 2 is 2.24 bits per heavy atom. The van der Waals surface area contributed by atoms with Crippen molar-refractivity contribution in [3.8, 4) is 18.1 Å². The van der Waals surface area contributed by atoms with E-state index in [1.165, 1.54) is 12.1 Å². The van der Waals surface area contributed by atoms with Gasteiger partial charge in [0.25, 0.3) is 5.91 Å². The van der Waals surface area contributed by atoms with Crippen LogP contribution in [-0.4, -0.2) is 19.1 Å². The van der Waals surface area contributed by atoms with Crippen LogP contribution < -0.4 is 15.7 Å². The number of fused-ring (bicyclic) bond motifs is 1. The second-order valence-corrected chi connectivity index (χ2v) is 4.70. The number of carbonyl (C=O) groups is 1. The molecule has 1 aromatic heterocycles. The van der Waals surface area contributed by atoms with Crippen LogP contribution in [0.2, 0.25) is 5.02 Å². The molecule has 0 atom stereocenters. The van der Waals surface area contributed by atoms with Crippen LogP contribution in [-0.2, 0) is 4.79 Å². The standard InChI is InChI=1S/C15H12ClNO4/c1-3-4-17-14(18)8-20-13-7-12-10(6-11(13)16)9(2)5-15(19)21-12/h1,5-7H,4,8H2,2H3,(H,17,18). The molecule has 1 N–H and O–H groups in total. The molecular weight excluding hydrogens is 294 g/mol. The molecule has 0 unspecified atom stereocenters. The number of carbonyl (C=O) groups excluding carboxylic acids is 1. The van der Waals surface area contributed by atoms with Crippen molar-refractivity contribution in [2.45, 2.75) is 6.92 Å². The van der Waals surface area contributed by atoms with Gasteiger partial charge in [-0.2, -0.15) is 0 Å². The predicted octanol–water partition coefficient (Wildman–Crippen LogP) is 1.88. The Morgan fingerprint density at radius 3 is 2.95 bits per heavy atom. The molecular formula is C15H12ClNO4. The van der Waals surface area contributed by atoms with Crippen molar-refractivity contribution in [2.75, 3.05) is 13.2 Å². The van der Waals surface area contributed by atoms with E-state index in [4.69, 9.17) is 27.2 Å². The Bertz CT molecular complexity index is 789. The molecule has 1 heterocycles. The maximum Gasteiger partial charge on any atom is 0.336 e. The fourth-order valence-corrected chi connectivity index (χ4v) is 1.99. The molecule has 108 valence electrons. The van der Waals surface area contributed by atoms with Crippen molar-refractivity contribution in [1.29, 1.82) is 0 Å². The molecule has 0 aliphatic carbocycles. The topological polar surface area (TPSA) is 68.5 Å². The summed E-state index contributed by atoms with van der Waals surface area (Å²) < 4.78 is 10.4. The van der Waals surface area contributed by atoms with Crippen molar-refractivity contribution in [1.82, 2.24) is 5.32 Å². The lowest BCUT2D eigenvalue weighted by atomic mass is 10.1. The highest BCUT2D eigenvalue weighted by atomic mass is 35.5. The van der Waals surface area contributed by atoms with Crippen molar-refractivity contribution >= 4 is 28.5 Å². The van der Waals surface area contributed by atoms with Gasteiger partial charge in [0, 0.05) is 17.5 Å². The zero-order chi connectivity index (χ0) is 15.4. The van der Waals surface area contributed by atoms with Gasteiger partial charge in [-0.1, -0.05) is 17.5 Å². The zero-order valence-corrected chi connectivity index (χ0v) is 12.0. The van der Waals surface area contributed by atoms with Gasteiger partial charge in [0.1, 0.15) is 11.3 Å². The van der Waals surface area contributed by atoms with Crippen molar-refractivity contribution in [3.05, 3.63) is 39.2 Å². The van der Waals surface area contributed by atoms with Crippen molar-refractivity contribution in [2.24, 2.45) is 0 Å². The quantitative estimate of drug-likeness (QED) is 0.692. The second-order valence-electron chi connectivity index (χ2n) is 4.30. The summed E-state index contributed by atoms with van der Waals surface area (Å²) in [6, 6.07) is 4.50. The van der Waals surface area contributed by atoms with Gasteiger partial charge in [-0.3, -0.25) is 4.79 Å². The van der Waals surface area contributed by atoms with E-state index in [0.717, 1.165) is 5.56 Å². The Hall–Kier alpha value is -2.45. The van der Waals surface area contributed by atoms with Crippen molar-refractivity contribution < 1.29 is 13.9 Å². The van der Waals surface area contributed by atoms with Crippen LogP contribution in [0.4, 0.5) is 0 Å². The molecule has 21 heavy (non-hydrogen) atoms. The van der Waals surface area contributed by atoms with Gasteiger partial charge in [0.15, 0.2) is 6.61 Å². The fraction of sp³-hybridized carbons (Fsp3) is 0.200. The average molecular weight is 306 g/mol. The number of aryl methyl sites for hydroxylation is 1. The predicted molar refractivity (Wildman–Crippen MR) is 79.6 cm³/mol. The monoisotopic (exact) mass is 305 g/mol. The van der Waals surface area contributed by atoms with E-state index in [0.29, 0.717) is 16.0 Å². The lowest BCUT2D eigenvalue weighted by Gasteiger charge is -2.09. The Kier molecular flexibility index (Phi) is 4.51. The summed E-state index contributed by atoms with van der Waals surface area (Å²) in [7, 11) is 0. The first-order chi connectivity index (χ1) is 10.0. The highest BCUT2D eigenvalue weighted by molar-refractivity contribution is 6.32. The van der Waals surface area contributed by atoms with Gasteiger partial charge in [-0.15, -0.1) is 6.42 Å². The summed E-state index contributed by atoms with van der Waals surface area (Å²) >= 11 is 6.09. The van der Waals surface area contributed by atoms with Crippen molar-refractivity contribution in [3.63, 3.8) is 0 Å². The van der Waals surface area contributed by atoms with E-state index >= 15 is 0 Å². The Labute approximate surface area is 125 Å². The van der Waals surface area contributed by atoms with Crippen LogP contribution in [0.1, 0.15) is 5.56 Å². The molecule has 0 aliphatic rings. The number of amides is 1. The maximum atomic E-state index is 11.4. The summed E-state index contributed by atoms with van der Waals surface area (Å²) in [4.78, 5) is 22.8.